The first kappa shape index (κ1) is 21.5. The number of rotatable bonds is 13. The van der Waals surface area contributed by atoms with E-state index in [4.69, 9.17) is 16.2 Å². The number of thiol groups is 2. The van der Waals surface area contributed by atoms with Gasteiger partial charge in [0, 0.05) is 45.0 Å². The second kappa shape index (κ2) is 15.4. The molecule has 0 amide bonds. The second-order valence-corrected chi connectivity index (χ2v) is 9.59. The van der Waals surface area contributed by atoms with E-state index in [1.165, 1.54) is 11.8 Å². The number of hydrogen-bond acceptors (Lipinski definition) is 8. The lowest BCUT2D eigenvalue weighted by atomic mass is 10.5. The number of aliphatic hydroxyl groups excluding tert-OH is 1. The van der Waals surface area contributed by atoms with Crippen LogP contribution in [0.15, 0.2) is 0 Å². The van der Waals surface area contributed by atoms with E-state index in [2.05, 4.69) is 25.3 Å². The number of aliphatic hydroxyl groups is 1. The molecule has 0 saturated carbocycles. The molecule has 0 bridgehead atoms. The van der Waals surface area contributed by atoms with Crippen LogP contribution in [0, 0.1) is 5.41 Å². The third-order valence-electron chi connectivity index (χ3n) is 2.13. The number of amidine groups is 1. The maximum Gasteiger partial charge on any atom is 0.151 e. The Morgan fingerprint density at radius 1 is 1.10 bits per heavy atom. The molecule has 0 spiro atoms. The van der Waals surface area contributed by atoms with Crippen LogP contribution in [-0.2, 0) is 0 Å². The average molecular weight is 393 g/mol. The molecule has 0 radical (unpaired) electrons. The summed E-state index contributed by atoms with van der Waals surface area (Å²) in [7, 11) is 0. The molecule has 0 fully saturated rings. The molecule has 2 atom stereocenters. The lowest BCUT2D eigenvalue weighted by Gasteiger charge is -2.17. The predicted molar refractivity (Wildman–Crippen MR) is 109 cm³/mol. The Hall–Kier alpha value is 1.53. The highest BCUT2D eigenvalue weighted by atomic mass is 32.2. The molecule has 120 valence electrons. The first-order chi connectivity index (χ1) is 9.63. The fourth-order valence-electron chi connectivity index (χ4n) is 1.25. The van der Waals surface area contributed by atoms with Crippen LogP contribution in [0.4, 0.5) is 0 Å². The largest absolute Gasteiger partial charge is 0.396 e. The van der Waals surface area contributed by atoms with Crippen molar-refractivity contribution in [3.63, 3.8) is 0 Å². The van der Waals surface area contributed by atoms with E-state index >= 15 is 0 Å². The maximum absolute atomic E-state index is 8.85. The summed E-state index contributed by atoms with van der Waals surface area (Å²) in [6.45, 7) is 0.231. The van der Waals surface area contributed by atoms with Gasteiger partial charge in [0.1, 0.15) is 0 Å². The first-order valence-corrected chi connectivity index (χ1v) is 11.7. The maximum atomic E-state index is 8.85. The molecule has 0 aromatic carbocycles. The van der Waals surface area contributed by atoms with E-state index in [0.717, 1.165) is 40.3 Å². The summed E-state index contributed by atoms with van der Waals surface area (Å²) in [5, 5.41) is 17.3. The minimum Gasteiger partial charge on any atom is -0.396 e. The number of nitrogens with one attached hydrogen (secondary N) is 1. The van der Waals surface area contributed by atoms with Crippen molar-refractivity contribution >= 4 is 77.5 Å². The van der Waals surface area contributed by atoms with Gasteiger partial charge in [-0.15, -0.1) is 0 Å². The van der Waals surface area contributed by atoms with Gasteiger partial charge in [-0.2, -0.15) is 60.5 Å². The van der Waals surface area contributed by atoms with Crippen LogP contribution in [-0.4, -0.2) is 67.7 Å². The Kier molecular flexibility index (Phi) is 16.6. The highest BCUT2D eigenvalue weighted by Gasteiger charge is 2.13. The molecule has 20 heavy (non-hydrogen) atoms. The molecule has 9 heteroatoms. The normalized spacial score (nSPS) is 14.2. The van der Waals surface area contributed by atoms with Crippen LogP contribution < -0.4 is 5.73 Å². The lowest BCUT2D eigenvalue weighted by Crippen LogP contribution is -2.17. The van der Waals surface area contributed by atoms with Crippen molar-refractivity contribution in [3.8, 4) is 0 Å². The smallest absolute Gasteiger partial charge is 0.151 e. The Balaban J connectivity index is 3.93. The van der Waals surface area contributed by atoms with Gasteiger partial charge in [-0.25, -0.2) is 0 Å². The van der Waals surface area contributed by atoms with Gasteiger partial charge in [-0.05, 0) is 5.75 Å². The van der Waals surface area contributed by atoms with Gasteiger partial charge in [0.2, 0.25) is 0 Å². The van der Waals surface area contributed by atoms with E-state index in [1.807, 2.05) is 23.5 Å². The number of hydrogen-bond donors (Lipinski definition) is 5. The van der Waals surface area contributed by atoms with Crippen LogP contribution in [0.5, 0.6) is 0 Å². The topological polar surface area (TPSA) is 70.1 Å². The molecule has 0 aromatic heterocycles. The zero-order chi connectivity index (χ0) is 15.2. The minimum atomic E-state index is 0.193. The Morgan fingerprint density at radius 3 is 2.30 bits per heavy atom. The van der Waals surface area contributed by atoms with Crippen LogP contribution >= 0.6 is 72.3 Å². The molecule has 0 aliphatic carbocycles. The number of thioether (sulfide) groups is 4. The van der Waals surface area contributed by atoms with Crippen molar-refractivity contribution in [1.29, 1.82) is 5.41 Å². The fraction of sp³-hybridized carbons (Fsp3) is 0.909. The predicted octanol–water partition coefficient (Wildman–Crippen LogP) is 2.40. The molecular weight excluding hydrogens is 369 g/mol. The van der Waals surface area contributed by atoms with Crippen LogP contribution in [0.1, 0.15) is 0 Å². The summed E-state index contributed by atoms with van der Waals surface area (Å²) < 4.78 is 0. The van der Waals surface area contributed by atoms with E-state index in [0.29, 0.717) is 10.5 Å². The van der Waals surface area contributed by atoms with Crippen LogP contribution in [0.25, 0.3) is 0 Å². The van der Waals surface area contributed by atoms with E-state index in [9.17, 15) is 0 Å². The first-order valence-electron chi connectivity index (χ1n) is 6.24. The quantitative estimate of drug-likeness (QED) is 0.188. The molecule has 4 N–H and O–H groups in total. The van der Waals surface area contributed by atoms with E-state index < -0.39 is 0 Å². The fourth-order valence-corrected chi connectivity index (χ4v) is 6.64. The van der Waals surface area contributed by atoms with Gasteiger partial charge < -0.3 is 10.8 Å². The molecule has 0 heterocycles. The Morgan fingerprint density at radius 2 is 1.75 bits per heavy atom. The van der Waals surface area contributed by atoms with Crippen molar-refractivity contribution in [3.05, 3.63) is 0 Å². The van der Waals surface area contributed by atoms with Gasteiger partial charge in [0.05, 0.1) is 6.61 Å². The lowest BCUT2D eigenvalue weighted by molar-refractivity contribution is 0.322. The van der Waals surface area contributed by atoms with Crippen molar-refractivity contribution in [2.45, 2.75) is 10.5 Å². The summed E-state index contributed by atoms with van der Waals surface area (Å²) in [5.74, 6) is 6.53. The highest BCUT2D eigenvalue weighted by molar-refractivity contribution is 8.14. The van der Waals surface area contributed by atoms with E-state index in [1.54, 1.807) is 11.8 Å². The highest BCUT2D eigenvalue weighted by Crippen LogP contribution is 2.24. The monoisotopic (exact) mass is 392 g/mol. The van der Waals surface area contributed by atoms with Crippen molar-refractivity contribution < 1.29 is 5.11 Å². The van der Waals surface area contributed by atoms with Gasteiger partial charge in [-0.3, -0.25) is 5.41 Å². The van der Waals surface area contributed by atoms with E-state index in [-0.39, 0.29) is 11.8 Å². The van der Waals surface area contributed by atoms with Gasteiger partial charge in [-0.1, -0.05) is 11.8 Å². The SMILES string of the molecule is N=C(N)SCC(CSCC(CS)SCCO)SCCS. The summed E-state index contributed by atoms with van der Waals surface area (Å²) in [6.07, 6.45) is 0. The summed E-state index contributed by atoms with van der Waals surface area (Å²) in [6, 6.07) is 0. The van der Waals surface area contributed by atoms with Gasteiger partial charge in [0.15, 0.2) is 5.17 Å². The molecule has 0 aromatic rings. The zero-order valence-electron chi connectivity index (χ0n) is 11.4. The second-order valence-electron chi connectivity index (χ2n) is 3.83. The third kappa shape index (κ3) is 13.2. The summed E-state index contributed by atoms with van der Waals surface area (Å²) in [4.78, 5) is 0. The van der Waals surface area contributed by atoms with Gasteiger partial charge in [0.25, 0.3) is 0 Å². The van der Waals surface area contributed by atoms with Crippen molar-refractivity contribution in [2.24, 2.45) is 5.73 Å². The molecule has 0 rings (SSSR count). The van der Waals surface area contributed by atoms with Crippen molar-refractivity contribution in [2.75, 3.05) is 46.9 Å². The third-order valence-corrected chi connectivity index (χ3v) is 8.60. The summed E-state index contributed by atoms with van der Waals surface area (Å²) >= 11 is 15.6. The van der Waals surface area contributed by atoms with Crippen LogP contribution in [0.2, 0.25) is 0 Å². The molecule has 0 aliphatic heterocycles. The Labute approximate surface area is 150 Å². The molecule has 3 nitrogen and oxygen atoms in total. The average Bonchev–Trinajstić information content (AvgIpc) is 2.44. The van der Waals surface area contributed by atoms with Gasteiger partial charge >= 0.3 is 0 Å². The molecule has 0 saturated heterocycles. The minimum absolute atomic E-state index is 0.193. The van der Waals surface area contributed by atoms with Crippen LogP contribution in [0.3, 0.4) is 0 Å². The van der Waals surface area contributed by atoms with Crippen molar-refractivity contribution in [1.82, 2.24) is 0 Å². The Bertz CT molecular complexity index is 247. The summed E-state index contributed by atoms with van der Waals surface area (Å²) in [5.41, 5.74) is 5.40. The number of nitrogens with two attached hydrogens (primary N) is 1. The molecular formula is C11H24N2OS6. The standard InChI is InChI=1S/C11H24N2OS6/c12-11(13)20-8-10(19-4-2-15)7-17-6-9(5-16)18-3-1-14/h9-10,14-16H,1-8H2,(H3,12,13). The zero-order valence-corrected chi connectivity index (χ0v) is 16.4. The molecule has 0 aliphatic rings. The molecule has 2 unspecified atom stereocenters.